The molecule has 0 unspecified atom stereocenters. The number of fused-ring (bicyclic) bond motifs is 1. The third-order valence-electron chi connectivity index (χ3n) is 5.44. The predicted octanol–water partition coefficient (Wildman–Crippen LogP) is 3.13. The second-order valence-electron chi connectivity index (χ2n) is 7.42. The molecule has 1 aromatic heterocycles. The average molecular weight is 461 g/mol. The van der Waals surface area contributed by atoms with Crippen LogP contribution in [0.3, 0.4) is 0 Å². The summed E-state index contributed by atoms with van der Waals surface area (Å²) in [6.45, 7) is 2.06. The number of ether oxygens (including phenoxy) is 1. The van der Waals surface area contributed by atoms with Crippen molar-refractivity contribution in [3.8, 4) is 17.3 Å². The van der Waals surface area contributed by atoms with Crippen molar-refractivity contribution in [2.24, 2.45) is 0 Å². The van der Waals surface area contributed by atoms with Crippen LogP contribution in [-0.4, -0.2) is 53.1 Å². The monoisotopic (exact) mass is 460 g/mol. The van der Waals surface area contributed by atoms with Gasteiger partial charge in [0, 0.05) is 23.7 Å². The van der Waals surface area contributed by atoms with Gasteiger partial charge in [-0.15, -0.1) is 0 Å². The van der Waals surface area contributed by atoms with Crippen LogP contribution in [0.2, 0.25) is 5.02 Å². The molecule has 9 nitrogen and oxygen atoms in total. The van der Waals surface area contributed by atoms with Gasteiger partial charge in [0.2, 0.25) is 5.95 Å². The molecular weight excluding hydrogens is 444 g/mol. The lowest BCUT2D eigenvalue weighted by atomic mass is 10.1. The Balaban J connectivity index is 1.59. The Bertz CT molecular complexity index is 1260. The fourth-order valence-corrected chi connectivity index (χ4v) is 3.94. The van der Waals surface area contributed by atoms with Gasteiger partial charge < -0.3 is 9.64 Å². The minimum atomic E-state index is -0.496. The summed E-state index contributed by atoms with van der Waals surface area (Å²) in [5, 5.41) is 11.4. The Morgan fingerprint density at radius 1 is 0.970 bits per heavy atom. The second kappa shape index (κ2) is 8.50. The summed E-state index contributed by atoms with van der Waals surface area (Å²) in [4.78, 5) is 36.6. The van der Waals surface area contributed by atoms with Crippen molar-refractivity contribution in [2.45, 2.75) is 0 Å². The maximum atomic E-state index is 12.8. The van der Waals surface area contributed by atoms with Crippen molar-refractivity contribution >= 4 is 35.2 Å². The van der Waals surface area contributed by atoms with Crippen molar-refractivity contribution in [2.75, 3.05) is 36.6 Å². The Morgan fingerprint density at radius 3 is 2.21 bits per heavy atom. The SMILES string of the molecule is N#Cc1c(-c2ccc(Cl)cc2)nc(NN2C(=O)c3ccccc3C2=O)nc1N1CCOCC1. The molecule has 3 aromatic rings. The van der Waals surface area contributed by atoms with E-state index < -0.39 is 11.8 Å². The van der Waals surface area contributed by atoms with E-state index in [1.807, 2.05) is 4.90 Å². The molecule has 1 N–H and O–H groups in total. The summed E-state index contributed by atoms with van der Waals surface area (Å²) >= 11 is 6.03. The van der Waals surface area contributed by atoms with Crippen LogP contribution in [0.15, 0.2) is 48.5 Å². The van der Waals surface area contributed by atoms with Crippen LogP contribution in [0.25, 0.3) is 11.3 Å². The number of nitrogens with zero attached hydrogens (tertiary/aromatic N) is 5. The standard InChI is InChI=1S/C23H17ClN6O3/c24-15-7-5-14(6-8-15)19-18(13-25)20(29-9-11-33-12-10-29)27-23(26-19)28-30-21(31)16-3-1-2-4-17(16)22(30)32/h1-8H,9-12H2,(H,26,27,28). The molecule has 0 saturated carbocycles. The molecule has 0 radical (unpaired) electrons. The van der Waals surface area contributed by atoms with Crippen molar-refractivity contribution < 1.29 is 14.3 Å². The number of amides is 2. The highest BCUT2D eigenvalue weighted by Gasteiger charge is 2.36. The number of aromatic nitrogens is 2. The third-order valence-corrected chi connectivity index (χ3v) is 5.69. The largest absolute Gasteiger partial charge is 0.378 e. The maximum Gasteiger partial charge on any atom is 0.280 e. The van der Waals surface area contributed by atoms with Gasteiger partial charge in [-0.2, -0.15) is 15.3 Å². The first-order valence-corrected chi connectivity index (χ1v) is 10.6. The number of imide groups is 1. The van der Waals surface area contributed by atoms with E-state index in [2.05, 4.69) is 21.5 Å². The minimum absolute atomic E-state index is 0.0231. The highest BCUT2D eigenvalue weighted by atomic mass is 35.5. The average Bonchev–Trinajstić information content (AvgIpc) is 3.09. The number of hydrogen-bond acceptors (Lipinski definition) is 8. The van der Waals surface area contributed by atoms with E-state index in [9.17, 15) is 14.9 Å². The number of morpholine rings is 1. The molecule has 0 bridgehead atoms. The van der Waals surface area contributed by atoms with E-state index in [1.54, 1.807) is 48.5 Å². The number of rotatable bonds is 4. The molecule has 2 aliphatic rings. The molecule has 2 aromatic carbocycles. The zero-order valence-corrected chi connectivity index (χ0v) is 18.0. The van der Waals surface area contributed by atoms with E-state index in [4.69, 9.17) is 16.3 Å². The van der Waals surface area contributed by atoms with Gasteiger partial charge in [-0.1, -0.05) is 35.9 Å². The Labute approximate surface area is 194 Å². The molecule has 33 heavy (non-hydrogen) atoms. The third kappa shape index (κ3) is 3.75. The van der Waals surface area contributed by atoms with Crippen molar-refractivity contribution in [3.05, 3.63) is 70.2 Å². The minimum Gasteiger partial charge on any atom is -0.378 e. The summed E-state index contributed by atoms with van der Waals surface area (Å²) in [6, 6.07) is 15.7. The number of carbonyl (C=O) groups excluding carboxylic acids is 2. The molecule has 10 heteroatoms. The molecule has 2 aliphatic heterocycles. The fraction of sp³-hybridized carbons (Fsp3) is 0.174. The molecule has 3 heterocycles. The normalized spacial score (nSPS) is 15.4. The predicted molar refractivity (Wildman–Crippen MR) is 121 cm³/mol. The smallest absolute Gasteiger partial charge is 0.280 e. The molecule has 2 amide bonds. The lowest BCUT2D eigenvalue weighted by Gasteiger charge is -2.29. The van der Waals surface area contributed by atoms with Crippen molar-refractivity contribution in [3.63, 3.8) is 0 Å². The second-order valence-corrected chi connectivity index (χ2v) is 7.85. The number of halogens is 1. The van der Waals surface area contributed by atoms with Crippen LogP contribution >= 0.6 is 11.6 Å². The molecule has 0 spiro atoms. The van der Waals surface area contributed by atoms with Crippen LogP contribution in [0.1, 0.15) is 26.3 Å². The number of nitriles is 1. The molecule has 1 fully saturated rings. The quantitative estimate of drug-likeness (QED) is 0.591. The number of nitrogens with one attached hydrogen (secondary N) is 1. The Hall–Kier alpha value is -4.00. The van der Waals surface area contributed by atoms with Crippen LogP contribution in [0.4, 0.5) is 11.8 Å². The molecule has 1 saturated heterocycles. The van der Waals surface area contributed by atoms with E-state index >= 15 is 0 Å². The molecule has 0 atom stereocenters. The molecule has 0 aliphatic carbocycles. The van der Waals surface area contributed by atoms with Gasteiger partial charge in [-0.25, -0.2) is 4.98 Å². The number of carbonyl (C=O) groups is 2. The number of hydrogen-bond donors (Lipinski definition) is 1. The van der Waals surface area contributed by atoms with Crippen LogP contribution in [0, 0.1) is 11.3 Å². The topological polar surface area (TPSA) is 111 Å². The fourth-order valence-electron chi connectivity index (χ4n) is 3.81. The zero-order chi connectivity index (χ0) is 22.9. The van der Waals surface area contributed by atoms with Crippen molar-refractivity contribution in [1.29, 1.82) is 5.26 Å². The summed E-state index contributed by atoms with van der Waals surface area (Å²) in [7, 11) is 0. The van der Waals surface area contributed by atoms with Gasteiger partial charge in [0.25, 0.3) is 11.8 Å². The molecule has 5 rings (SSSR count). The van der Waals surface area contributed by atoms with Crippen LogP contribution in [0.5, 0.6) is 0 Å². The summed E-state index contributed by atoms with van der Waals surface area (Å²) in [5.74, 6) is -0.566. The van der Waals surface area contributed by atoms with E-state index in [-0.39, 0.29) is 11.5 Å². The van der Waals surface area contributed by atoms with E-state index in [1.165, 1.54) is 0 Å². The van der Waals surface area contributed by atoms with Gasteiger partial charge in [-0.3, -0.25) is 15.0 Å². The molecular formula is C23H17ClN6O3. The number of anilines is 2. The van der Waals surface area contributed by atoms with Crippen LogP contribution < -0.4 is 10.3 Å². The van der Waals surface area contributed by atoms with Gasteiger partial charge in [0.05, 0.1) is 30.0 Å². The maximum absolute atomic E-state index is 12.8. The number of benzene rings is 2. The van der Waals surface area contributed by atoms with E-state index in [0.717, 1.165) is 5.01 Å². The summed E-state index contributed by atoms with van der Waals surface area (Å²) < 4.78 is 5.43. The first-order chi connectivity index (χ1) is 16.1. The van der Waals surface area contributed by atoms with E-state index in [0.29, 0.717) is 59.5 Å². The van der Waals surface area contributed by atoms with Crippen molar-refractivity contribution in [1.82, 2.24) is 15.0 Å². The first-order valence-electron chi connectivity index (χ1n) is 10.2. The lowest BCUT2D eigenvalue weighted by Crippen LogP contribution is -2.39. The van der Waals surface area contributed by atoms with Gasteiger partial charge in [0.15, 0.2) is 5.82 Å². The summed E-state index contributed by atoms with van der Waals surface area (Å²) in [6.07, 6.45) is 0. The highest BCUT2D eigenvalue weighted by Crippen LogP contribution is 2.31. The summed E-state index contributed by atoms with van der Waals surface area (Å²) in [5.41, 5.74) is 4.66. The number of hydrazine groups is 1. The lowest BCUT2D eigenvalue weighted by molar-refractivity contribution is 0.0690. The van der Waals surface area contributed by atoms with Gasteiger partial charge in [0.1, 0.15) is 11.6 Å². The Kier molecular flexibility index (Phi) is 5.38. The molecule has 164 valence electrons. The van der Waals surface area contributed by atoms with Crippen LogP contribution in [-0.2, 0) is 4.74 Å². The van der Waals surface area contributed by atoms with Gasteiger partial charge in [-0.05, 0) is 24.3 Å². The zero-order valence-electron chi connectivity index (χ0n) is 17.3. The first kappa shape index (κ1) is 20.9. The Morgan fingerprint density at radius 2 is 1.61 bits per heavy atom. The highest BCUT2D eigenvalue weighted by molar-refractivity contribution is 6.30. The van der Waals surface area contributed by atoms with Gasteiger partial charge >= 0.3 is 0 Å².